The van der Waals surface area contributed by atoms with Crippen molar-refractivity contribution in [2.75, 3.05) is 45.2 Å². The molecule has 9 nitrogen and oxygen atoms in total. The Morgan fingerprint density at radius 2 is 1.76 bits per heavy atom. The van der Waals surface area contributed by atoms with E-state index in [1.165, 1.54) is 0 Å². The molecule has 2 aromatic carbocycles. The van der Waals surface area contributed by atoms with Gasteiger partial charge in [0.05, 0.1) is 36.9 Å². The van der Waals surface area contributed by atoms with Crippen LogP contribution in [0.25, 0.3) is 11.0 Å². The number of halogens is 2. The first-order valence-corrected chi connectivity index (χ1v) is 12.0. The highest BCUT2D eigenvalue weighted by Crippen LogP contribution is 2.26. The second kappa shape index (κ2) is 13.8. The Morgan fingerprint density at radius 3 is 2.41 bits per heavy atom. The standard InChI is InChI=1S/C26H33N5O4.2BrH/c1-5-35-26(33)30-14-12-29(13-15-30)17-24-28-21-16-19(10-11-22(21)31(24)18(2)3)27-25(32)20-8-6-7-9-23(20)34-4;;/h6-11,16,18H,5,12-15,17H2,1-4H3,(H,27,32);2*1H. The summed E-state index contributed by atoms with van der Waals surface area (Å²) in [4.78, 5) is 33.8. The fraction of sp³-hybridized carbons (Fsp3) is 0.423. The Kier molecular flexibility index (Phi) is 11.4. The van der Waals surface area contributed by atoms with E-state index in [0.717, 1.165) is 29.9 Å². The number of fused-ring (bicyclic) bond motifs is 1. The number of amides is 2. The largest absolute Gasteiger partial charge is 0.496 e. The predicted octanol–water partition coefficient (Wildman–Crippen LogP) is 5.31. The van der Waals surface area contributed by atoms with Gasteiger partial charge in [-0.1, -0.05) is 12.1 Å². The minimum atomic E-state index is -0.246. The van der Waals surface area contributed by atoms with Crippen LogP contribution in [0, 0.1) is 0 Å². The summed E-state index contributed by atoms with van der Waals surface area (Å²) in [6.07, 6.45) is -0.246. The van der Waals surface area contributed by atoms with E-state index in [9.17, 15) is 9.59 Å². The molecule has 3 aromatic rings. The molecule has 0 radical (unpaired) electrons. The summed E-state index contributed by atoms with van der Waals surface area (Å²) in [6, 6.07) is 13.2. The average Bonchev–Trinajstić information content (AvgIpc) is 3.21. The molecule has 1 aromatic heterocycles. The maximum Gasteiger partial charge on any atom is 0.409 e. The molecule has 4 rings (SSSR count). The second-order valence-electron chi connectivity index (χ2n) is 8.81. The van der Waals surface area contributed by atoms with Gasteiger partial charge in [0.15, 0.2) is 0 Å². The molecule has 1 fully saturated rings. The van der Waals surface area contributed by atoms with E-state index >= 15 is 0 Å². The molecule has 2 amide bonds. The average molecular weight is 641 g/mol. The zero-order valence-corrected chi connectivity index (χ0v) is 25.0. The molecule has 0 saturated carbocycles. The number of benzene rings is 2. The molecule has 1 N–H and O–H groups in total. The lowest BCUT2D eigenvalue weighted by molar-refractivity contribution is 0.0768. The lowest BCUT2D eigenvalue weighted by atomic mass is 10.2. The Bertz CT molecular complexity index is 1210. The first-order valence-electron chi connectivity index (χ1n) is 12.0. The van der Waals surface area contributed by atoms with Crippen LogP contribution in [0.15, 0.2) is 42.5 Å². The van der Waals surface area contributed by atoms with Crippen molar-refractivity contribution in [1.82, 2.24) is 19.4 Å². The molecule has 1 aliphatic heterocycles. The number of piperazine rings is 1. The predicted molar refractivity (Wildman–Crippen MR) is 156 cm³/mol. The van der Waals surface area contributed by atoms with Gasteiger partial charge >= 0.3 is 6.09 Å². The molecule has 1 aliphatic rings. The number of methoxy groups -OCH3 is 1. The van der Waals surface area contributed by atoms with E-state index in [4.69, 9.17) is 14.5 Å². The van der Waals surface area contributed by atoms with Crippen LogP contribution in [0.2, 0.25) is 0 Å². The van der Waals surface area contributed by atoms with E-state index in [2.05, 4.69) is 28.6 Å². The third-order valence-electron chi connectivity index (χ3n) is 6.15. The number of hydrogen-bond acceptors (Lipinski definition) is 6. The summed E-state index contributed by atoms with van der Waals surface area (Å²) in [5, 5.41) is 2.96. The lowest BCUT2D eigenvalue weighted by Crippen LogP contribution is -2.48. The summed E-state index contributed by atoms with van der Waals surface area (Å²) in [5.74, 6) is 1.26. The fourth-order valence-electron chi connectivity index (χ4n) is 4.45. The Hall–Kier alpha value is -2.63. The van der Waals surface area contributed by atoms with Gasteiger partial charge < -0.3 is 24.3 Å². The summed E-state index contributed by atoms with van der Waals surface area (Å²) < 4.78 is 12.7. The van der Waals surface area contributed by atoms with E-state index in [1.807, 2.05) is 37.3 Å². The van der Waals surface area contributed by atoms with E-state index in [-0.39, 0.29) is 52.0 Å². The maximum atomic E-state index is 12.8. The number of anilines is 1. The number of para-hydroxylation sites is 1. The molecular formula is C26H35Br2N5O4. The summed E-state index contributed by atoms with van der Waals surface area (Å²) in [6.45, 7) is 9.98. The van der Waals surface area contributed by atoms with E-state index in [1.54, 1.807) is 24.1 Å². The van der Waals surface area contributed by atoms with Crippen LogP contribution in [-0.4, -0.2) is 71.2 Å². The van der Waals surface area contributed by atoms with Crippen molar-refractivity contribution in [2.45, 2.75) is 33.4 Å². The number of ether oxygens (including phenoxy) is 2. The Balaban J connectivity index is 0.00000241. The molecular weight excluding hydrogens is 606 g/mol. The van der Waals surface area contributed by atoms with Gasteiger partial charge in [-0.05, 0) is 51.1 Å². The van der Waals surface area contributed by atoms with Gasteiger partial charge in [0.25, 0.3) is 5.91 Å². The number of imidazole rings is 1. The molecule has 0 aliphatic carbocycles. The molecule has 0 unspecified atom stereocenters. The topological polar surface area (TPSA) is 88.9 Å². The van der Waals surface area contributed by atoms with E-state index in [0.29, 0.717) is 43.2 Å². The van der Waals surface area contributed by atoms with Crippen LogP contribution < -0.4 is 10.1 Å². The highest BCUT2D eigenvalue weighted by molar-refractivity contribution is 8.93. The molecule has 11 heteroatoms. The van der Waals surface area contributed by atoms with Gasteiger partial charge in [-0.2, -0.15) is 0 Å². The summed E-state index contributed by atoms with van der Waals surface area (Å²) >= 11 is 0. The molecule has 1 saturated heterocycles. The molecule has 2 heterocycles. The molecule has 0 atom stereocenters. The maximum absolute atomic E-state index is 12.8. The number of carbonyl (C=O) groups is 2. The summed E-state index contributed by atoms with van der Waals surface area (Å²) in [5.41, 5.74) is 3.01. The quantitative estimate of drug-likeness (QED) is 0.377. The van der Waals surface area contributed by atoms with Gasteiger partial charge in [-0.25, -0.2) is 9.78 Å². The van der Waals surface area contributed by atoms with Crippen molar-refractivity contribution in [3.05, 3.63) is 53.9 Å². The Morgan fingerprint density at radius 1 is 1.05 bits per heavy atom. The van der Waals surface area contributed by atoms with Crippen LogP contribution >= 0.6 is 34.0 Å². The van der Waals surface area contributed by atoms with Crippen LogP contribution in [0.1, 0.15) is 43.0 Å². The van der Waals surface area contributed by atoms with Crippen molar-refractivity contribution in [2.24, 2.45) is 0 Å². The number of carbonyl (C=O) groups excluding carboxylic acids is 2. The van der Waals surface area contributed by atoms with Crippen LogP contribution in [0.4, 0.5) is 10.5 Å². The number of rotatable bonds is 7. The first-order chi connectivity index (χ1) is 16.9. The van der Waals surface area contributed by atoms with Crippen molar-refractivity contribution < 1.29 is 19.1 Å². The second-order valence-corrected chi connectivity index (χ2v) is 8.81. The van der Waals surface area contributed by atoms with Crippen molar-refractivity contribution in [3.63, 3.8) is 0 Å². The van der Waals surface area contributed by atoms with E-state index < -0.39 is 0 Å². The Labute approximate surface area is 238 Å². The molecule has 0 spiro atoms. The fourth-order valence-corrected chi connectivity index (χ4v) is 4.45. The first kappa shape index (κ1) is 30.6. The van der Waals surface area contributed by atoms with Gasteiger partial charge in [0.2, 0.25) is 0 Å². The molecule has 0 bridgehead atoms. The SMILES string of the molecule is Br.Br.CCOC(=O)N1CCN(Cc2nc3cc(NC(=O)c4ccccc4OC)ccc3n2C(C)C)CC1. The minimum Gasteiger partial charge on any atom is -0.496 e. The third kappa shape index (κ3) is 7.03. The summed E-state index contributed by atoms with van der Waals surface area (Å²) in [7, 11) is 1.55. The van der Waals surface area contributed by atoms with Gasteiger partial charge in [-0.3, -0.25) is 9.69 Å². The minimum absolute atomic E-state index is 0. The number of hydrogen-bond donors (Lipinski definition) is 1. The van der Waals surface area contributed by atoms with Crippen LogP contribution in [0.5, 0.6) is 5.75 Å². The van der Waals surface area contributed by atoms with Crippen LogP contribution in [0.3, 0.4) is 0 Å². The zero-order valence-electron chi connectivity index (χ0n) is 21.6. The lowest BCUT2D eigenvalue weighted by Gasteiger charge is -2.34. The van der Waals surface area contributed by atoms with Gasteiger partial charge in [0.1, 0.15) is 11.6 Å². The van der Waals surface area contributed by atoms with Gasteiger partial charge in [-0.15, -0.1) is 34.0 Å². The van der Waals surface area contributed by atoms with Crippen LogP contribution in [-0.2, 0) is 11.3 Å². The molecule has 202 valence electrons. The van der Waals surface area contributed by atoms with Crippen molar-refractivity contribution in [3.8, 4) is 5.75 Å². The number of aromatic nitrogens is 2. The third-order valence-corrected chi connectivity index (χ3v) is 6.15. The monoisotopic (exact) mass is 639 g/mol. The van der Waals surface area contributed by atoms with Crippen molar-refractivity contribution in [1.29, 1.82) is 0 Å². The number of nitrogens with one attached hydrogen (secondary N) is 1. The van der Waals surface area contributed by atoms with Crippen molar-refractivity contribution >= 4 is 62.7 Å². The normalized spacial score (nSPS) is 13.6. The highest BCUT2D eigenvalue weighted by Gasteiger charge is 2.24. The smallest absolute Gasteiger partial charge is 0.409 e. The number of nitrogens with zero attached hydrogens (tertiary/aromatic N) is 4. The zero-order chi connectivity index (χ0) is 24.9. The highest BCUT2D eigenvalue weighted by atomic mass is 79.9. The van der Waals surface area contributed by atoms with Gasteiger partial charge in [0, 0.05) is 37.9 Å². The molecule has 37 heavy (non-hydrogen) atoms.